The highest BCUT2D eigenvalue weighted by Crippen LogP contribution is 2.43. The number of amides is 1. The smallest absolute Gasteiger partial charge is 0.339 e. The van der Waals surface area contributed by atoms with Crippen LogP contribution < -0.4 is 9.62 Å². The molecule has 33 heavy (non-hydrogen) atoms. The molecule has 3 aromatic rings. The largest absolute Gasteiger partial charge is 0.465 e. The van der Waals surface area contributed by atoms with Crippen molar-refractivity contribution in [2.45, 2.75) is 18.2 Å². The van der Waals surface area contributed by atoms with Crippen LogP contribution >= 0.6 is 11.6 Å². The zero-order valence-corrected chi connectivity index (χ0v) is 19.5. The Balaban J connectivity index is 1.69. The van der Waals surface area contributed by atoms with Gasteiger partial charge in [-0.2, -0.15) is 0 Å². The number of carbonyl (C=O) groups excluding carboxylic acids is 2. The second-order valence-corrected chi connectivity index (χ2v) is 9.69. The van der Waals surface area contributed by atoms with E-state index in [0.29, 0.717) is 16.9 Å². The Morgan fingerprint density at radius 3 is 2.52 bits per heavy atom. The van der Waals surface area contributed by atoms with Crippen molar-refractivity contribution in [1.29, 1.82) is 0 Å². The van der Waals surface area contributed by atoms with Crippen LogP contribution in [0.3, 0.4) is 0 Å². The van der Waals surface area contributed by atoms with Crippen LogP contribution in [0.4, 0.5) is 11.4 Å². The van der Waals surface area contributed by atoms with Gasteiger partial charge in [0.2, 0.25) is 5.91 Å². The summed E-state index contributed by atoms with van der Waals surface area (Å²) in [5.41, 5.74) is 3.25. The fourth-order valence-electron chi connectivity index (χ4n) is 3.77. The Hall–Kier alpha value is -3.36. The van der Waals surface area contributed by atoms with E-state index in [2.05, 4.69) is 5.32 Å². The predicted octanol–water partition coefficient (Wildman–Crippen LogP) is 4.50. The molecule has 1 aliphatic rings. The maximum absolute atomic E-state index is 13.4. The van der Waals surface area contributed by atoms with Gasteiger partial charge in [0.05, 0.1) is 28.3 Å². The van der Waals surface area contributed by atoms with Gasteiger partial charge in [0.25, 0.3) is 10.0 Å². The number of halogens is 1. The number of ether oxygens (including phenoxy) is 1. The molecule has 0 radical (unpaired) electrons. The van der Waals surface area contributed by atoms with Gasteiger partial charge in [-0.25, -0.2) is 13.2 Å². The van der Waals surface area contributed by atoms with Crippen LogP contribution in [0.15, 0.2) is 65.6 Å². The van der Waals surface area contributed by atoms with Crippen molar-refractivity contribution in [1.82, 2.24) is 0 Å². The number of hydrogen-bond acceptors (Lipinski definition) is 5. The minimum Gasteiger partial charge on any atom is -0.465 e. The number of anilines is 2. The molecule has 0 spiro atoms. The van der Waals surface area contributed by atoms with E-state index in [1.54, 1.807) is 30.3 Å². The average Bonchev–Trinajstić information content (AvgIpc) is 2.82. The van der Waals surface area contributed by atoms with E-state index < -0.39 is 28.4 Å². The van der Waals surface area contributed by atoms with E-state index in [1.165, 1.54) is 25.3 Å². The Bertz CT molecular complexity index is 1370. The quantitative estimate of drug-likeness (QED) is 0.538. The Labute approximate surface area is 197 Å². The number of fused-ring (bicyclic) bond motifs is 3. The van der Waals surface area contributed by atoms with Gasteiger partial charge in [-0.15, -0.1) is 0 Å². The standard InChI is InChI=1S/C24H21ClN2O5S/c1-3-15-8-11-21-18(12-15)17-6-4-5-7-22(17)33(30,31)27(21)14-23(28)26-16-9-10-20(25)19(13-16)24(29)32-2/h4-13H,3,14H2,1-2H3,(H,26,28). The van der Waals surface area contributed by atoms with Crippen molar-refractivity contribution in [2.24, 2.45) is 0 Å². The number of benzene rings is 3. The lowest BCUT2D eigenvalue weighted by Gasteiger charge is -2.32. The van der Waals surface area contributed by atoms with Gasteiger partial charge < -0.3 is 10.1 Å². The third-order valence-corrected chi connectivity index (χ3v) is 7.57. The third kappa shape index (κ3) is 4.19. The molecule has 1 amide bonds. The predicted molar refractivity (Wildman–Crippen MR) is 127 cm³/mol. The van der Waals surface area contributed by atoms with E-state index in [-0.39, 0.29) is 15.5 Å². The number of sulfonamides is 1. The molecule has 0 saturated carbocycles. The topological polar surface area (TPSA) is 92.8 Å². The summed E-state index contributed by atoms with van der Waals surface area (Å²) in [4.78, 5) is 24.9. The summed E-state index contributed by atoms with van der Waals surface area (Å²) in [6.07, 6.45) is 0.793. The van der Waals surface area contributed by atoms with Crippen LogP contribution in [-0.4, -0.2) is 33.9 Å². The summed E-state index contributed by atoms with van der Waals surface area (Å²) in [5, 5.41) is 2.82. The molecule has 7 nitrogen and oxygen atoms in total. The van der Waals surface area contributed by atoms with Crippen LogP contribution in [0.5, 0.6) is 0 Å². The van der Waals surface area contributed by atoms with Crippen molar-refractivity contribution >= 4 is 44.9 Å². The highest BCUT2D eigenvalue weighted by atomic mass is 35.5. The number of aryl methyl sites for hydroxylation is 1. The van der Waals surface area contributed by atoms with E-state index in [0.717, 1.165) is 21.9 Å². The number of hydrogen-bond donors (Lipinski definition) is 1. The van der Waals surface area contributed by atoms with E-state index in [9.17, 15) is 18.0 Å². The molecule has 1 aliphatic heterocycles. The zero-order valence-electron chi connectivity index (χ0n) is 18.0. The lowest BCUT2D eigenvalue weighted by atomic mass is 9.99. The molecule has 3 aromatic carbocycles. The molecule has 1 N–H and O–H groups in total. The van der Waals surface area contributed by atoms with Crippen molar-refractivity contribution in [2.75, 3.05) is 23.3 Å². The van der Waals surface area contributed by atoms with Crippen molar-refractivity contribution in [3.05, 3.63) is 76.8 Å². The molecule has 9 heteroatoms. The van der Waals surface area contributed by atoms with Crippen molar-refractivity contribution < 1.29 is 22.7 Å². The van der Waals surface area contributed by atoms with Crippen LogP contribution in [0.25, 0.3) is 11.1 Å². The van der Waals surface area contributed by atoms with Crippen LogP contribution in [0.1, 0.15) is 22.8 Å². The molecular weight excluding hydrogens is 464 g/mol. The highest BCUT2D eigenvalue weighted by Gasteiger charge is 2.36. The minimum absolute atomic E-state index is 0.0916. The summed E-state index contributed by atoms with van der Waals surface area (Å²) in [5.74, 6) is -1.21. The maximum Gasteiger partial charge on any atom is 0.339 e. The highest BCUT2D eigenvalue weighted by molar-refractivity contribution is 7.93. The fourth-order valence-corrected chi connectivity index (χ4v) is 5.61. The first-order valence-electron chi connectivity index (χ1n) is 10.2. The molecule has 4 rings (SSSR count). The van der Waals surface area contributed by atoms with Crippen LogP contribution in [-0.2, 0) is 26.0 Å². The summed E-state index contributed by atoms with van der Waals surface area (Å²) in [6.45, 7) is 1.58. The number of carbonyl (C=O) groups is 2. The second-order valence-electron chi connectivity index (χ2n) is 7.45. The number of esters is 1. The second kappa shape index (κ2) is 8.88. The lowest BCUT2D eigenvalue weighted by Crippen LogP contribution is -2.40. The molecule has 0 saturated heterocycles. The monoisotopic (exact) mass is 484 g/mol. The van der Waals surface area contributed by atoms with Gasteiger partial charge in [-0.3, -0.25) is 9.10 Å². The van der Waals surface area contributed by atoms with E-state index in [1.807, 2.05) is 19.1 Å². The molecule has 0 bridgehead atoms. The average molecular weight is 485 g/mol. The van der Waals surface area contributed by atoms with Gasteiger partial charge in [0, 0.05) is 16.8 Å². The first-order valence-corrected chi connectivity index (χ1v) is 12.0. The van der Waals surface area contributed by atoms with Crippen LogP contribution in [0.2, 0.25) is 5.02 Å². The number of rotatable bonds is 5. The summed E-state index contributed by atoms with van der Waals surface area (Å²) in [6, 6.07) is 16.7. The Kier molecular flexibility index (Phi) is 6.14. The summed E-state index contributed by atoms with van der Waals surface area (Å²) in [7, 11) is -2.73. The SMILES string of the molecule is CCc1ccc2c(c1)-c1ccccc1S(=O)(=O)N2CC(=O)Nc1ccc(Cl)c(C(=O)OC)c1. The summed E-state index contributed by atoms with van der Waals surface area (Å²) >= 11 is 6.03. The minimum atomic E-state index is -3.96. The molecular formula is C24H21ClN2O5S. The van der Waals surface area contributed by atoms with Crippen molar-refractivity contribution in [3.8, 4) is 11.1 Å². The number of nitrogens with zero attached hydrogens (tertiary/aromatic N) is 1. The van der Waals surface area contributed by atoms with Crippen molar-refractivity contribution in [3.63, 3.8) is 0 Å². The molecule has 0 atom stereocenters. The Morgan fingerprint density at radius 2 is 1.79 bits per heavy atom. The van der Waals surface area contributed by atoms with Gasteiger partial charge in [-0.1, -0.05) is 42.8 Å². The molecule has 0 aromatic heterocycles. The molecule has 1 heterocycles. The van der Waals surface area contributed by atoms with Gasteiger partial charge in [-0.05, 0) is 48.4 Å². The van der Waals surface area contributed by atoms with Gasteiger partial charge >= 0.3 is 5.97 Å². The fraction of sp³-hybridized carbons (Fsp3) is 0.167. The summed E-state index contributed by atoms with van der Waals surface area (Å²) < 4.78 is 32.6. The van der Waals surface area contributed by atoms with Gasteiger partial charge in [0.15, 0.2) is 0 Å². The first kappa shape index (κ1) is 22.8. The van der Waals surface area contributed by atoms with E-state index >= 15 is 0 Å². The first-order chi connectivity index (χ1) is 15.8. The third-order valence-electron chi connectivity index (χ3n) is 5.43. The van der Waals surface area contributed by atoms with Crippen LogP contribution in [0, 0.1) is 0 Å². The van der Waals surface area contributed by atoms with Gasteiger partial charge in [0.1, 0.15) is 6.54 Å². The number of methoxy groups -OCH3 is 1. The number of nitrogens with one attached hydrogen (secondary N) is 1. The molecule has 0 unspecified atom stereocenters. The normalized spacial score (nSPS) is 13.6. The molecule has 0 fully saturated rings. The Morgan fingerprint density at radius 1 is 1.03 bits per heavy atom. The zero-order chi connectivity index (χ0) is 23.8. The van der Waals surface area contributed by atoms with E-state index in [4.69, 9.17) is 16.3 Å². The maximum atomic E-state index is 13.4. The molecule has 0 aliphatic carbocycles. The lowest BCUT2D eigenvalue weighted by molar-refractivity contribution is -0.114. The molecule has 170 valence electrons.